The zero-order valence-corrected chi connectivity index (χ0v) is 9.99. The molecule has 0 saturated carbocycles. The third kappa shape index (κ3) is 2.27. The maximum absolute atomic E-state index is 11.7. The molecule has 16 heavy (non-hydrogen) atoms. The van der Waals surface area contributed by atoms with Gasteiger partial charge >= 0.3 is 12.0 Å². The van der Waals surface area contributed by atoms with Crippen LogP contribution in [0.2, 0.25) is 0 Å². The zero-order chi connectivity index (χ0) is 12.3. The molecule has 1 heterocycles. The zero-order valence-electron chi connectivity index (χ0n) is 9.99. The van der Waals surface area contributed by atoms with Crippen LogP contribution in [0.15, 0.2) is 0 Å². The summed E-state index contributed by atoms with van der Waals surface area (Å²) in [4.78, 5) is 26.0. The molecule has 6 heteroatoms. The molecule has 92 valence electrons. The molecule has 2 N–H and O–H groups in total. The summed E-state index contributed by atoms with van der Waals surface area (Å²) in [6.45, 7) is 0.953. The van der Waals surface area contributed by atoms with Crippen LogP contribution in [0.3, 0.4) is 0 Å². The second kappa shape index (κ2) is 4.69. The van der Waals surface area contributed by atoms with Crippen LogP contribution < -0.4 is 5.32 Å². The number of likely N-dealkylation sites (N-methyl/N-ethyl adjacent to an activating group) is 1. The number of rotatable bonds is 2. The number of urea groups is 1. The van der Waals surface area contributed by atoms with Crippen LogP contribution in [0, 0.1) is 0 Å². The molecule has 0 atom stereocenters. The molecule has 1 aliphatic heterocycles. The van der Waals surface area contributed by atoms with Gasteiger partial charge in [-0.3, -0.25) is 4.79 Å². The number of carbonyl (C=O) groups is 2. The number of carboxylic acid groups (broad SMARTS) is 1. The van der Waals surface area contributed by atoms with Gasteiger partial charge in [0.2, 0.25) is 0 Å². The normalized spacial score (nSPS) is 19.3. The fourth-order valence-electron chi connectivity index (χ4n) is 1.93. The van der Waals surface area contributed by atoms with Crippen molar-refractivity contribution < 1.29 is 14.7 Å². The van der Waals surface area contributed by atoms with Crippen molar-refractivity contribution in [2.45, 2.75) is 18.4 Å². The van der Waals surface area contributed by atoms with Crippen molar-refractivity contribution in [2.24, 2.45) is 0 Å². The quantitative estimate of drug-likeness (QED) is 0.688. The highest BCUT2D eigenvalue weighted by Crippen LogP contribution is 2.22. The maximum Gasteiger partial charge on any atom is 0.324 e. The van der Waals surface area contributed by atoms with E-state index in [0.717, 1.165) is 0 Å². The van der Waals surface area contributed by atoms with E-state index in [9.17, 15) is 9.59 Å². The van der Waals surface area contributed by atoms with Crippen LogP contribution in [0.25, 0.3) is 0 Å². The Morgan fingerprint density at radius 2 is 1.81 bits per heavy atom. The van der Waals surface area contributed by atoms with Gasteiger partial charge in [0, 0.05) is 27.2 Å². The first-order chi connectivity index (χ1) is 7.43. The minimum absolute atomic E-state index is 0.0601. The standard InChI is InChI=1S/C10H19N3O3/c1-11-10(8(14)15)4-6-13(7-5-10)9(16)12(2)3/h11H,4-7H2,1-3H3,(H,14,15). The van der Waals surface area contributed by atoms with Crippen molar-refractivity contribution in [1.29, 1.82) is 0 Å². The lowest BCUT2D eigenvalue weighted by Crippen LogP contribution is -2.58. The number of likely N-dealkylation sites (tertiary alicyclic amines) is 1. The van der Waals surface area contributed by atoms with E-state index in [0.29, 0.717) is 25.9 Å². The number of piperidine rings is 1. The summed E-state index contributed by atoms with van der Waals surface area (Å²) in [5.74, 6) is -0.841. The van der Waals surface area contributed by atoms with E-state index in [4.69, 9.17) is 5.11 Å². The van der Waals surface area contributed by atoms with Gasteiger partial charge in [-0.05, 0) is 19.9 Å². The van der Waals surface area contributed by atoms with Crippen molar-refractivity contribution in [3.05, 3.63) is 0 Å². The van der Waals surface area contributed by atoms with Crippen molar-refractivity contribution in [1.82, 2.24) is 15.1 Å². The summed E-state index contributed by atoms with van der Waals surface area (Å²) in [6.07, 6.45) is 0.886. The maximum atomic E-state index is 11.7. The Kier molecular flexibility index (Phi) is 3.74. The third-order valence-corrected chi connectivity index (χ3v) is 3.16. The number of aliphatic carboxylic acids is 1. The monoisotopic (exact) mass is 229 g/mol. The Labute approximate surface area is 95.2 Å². The van der Waals surface area contributed by atoms with E-state index in [2.05, 4.69) is 5.32 Å². The van der Waals surface area contributed by atoms with Gasteiger partial charge in [-0.15, -0.1) is 0 Å². The average Bonchev–Trinajstić information content (AvgIpc) is 2.27. The minimum Gasteiger partial charge on any atom is -0.480 e. The van der Waals surface area contributed by atoms with Crippen molar-refractivity contribution in [2.75, 3.05) is 34.2 Å². The topological polar surface area (TPSA) is 72.9 Å². The van der Waals surface area contributed by atoms with Crippen LogP contribution >= 0.6 is 0 Å². The highest BCUT2D eigenvalue weighted by atomic mass is 16.4. The molecule has 0 aromatic heterocycles. The average molecular weight is 229 g/mol. The van der Waals surface area contributed by atoms with E-state index in [1.54, 1.807) is 26.0 Å². The van der Waals surface area contributed by atoms with Crippen LogP contribution in [0.5, 0.6) is 0 Å². The van der Waals surface area contributed by atoms with Gasteiger partial charge in [0.25, 0.3) is 0 Å². The Hall–Kier alpha value is -1.30. The first kappa shape index (κ1) is 12.8. The molecule has 2 amide bonds. The molecule has 1 saturated heterocycles. The molecule has 0 aromatic carbocycles. The van der Waals surface area contributed by atoms with Gasteiger partial charge in [-0.1, -0.05) is 0 Å². The van der Waals surface area contributed by atoms with Crippen LogP contribution in [-0.4, -0.2) is 66.7 Å². The van der Waals surface area contributed by atoms with Crippen LogP contribution in [-0.2, 0) is 4.79 Å². The molecule has 6 nitrogen and oxygen atoms in total. The summed E-state index contributed by atoms with van der Waals surface area (Å²) < 4.78 is 0. The molecule has 0 spiro atoms. The van der Waals surface area contributed by atoms with E-state index in [1.807, 2.05) is 0 Å². The summed E-state index contributed by atoms with van der Waals surface area (Å²) in [7, 11) is 5.04. The first-order valence-electron chi connectivity index (χ1n) is 5.31. The molecule has 0 radical (unpaired) electrons. The summed E-state index contributed by atoms with van der Waals surface area (Å²) >= 11 is 0. The Morgan fingerprint density at radius 3 is 2.12 bits per heavy atom. The van der Waals surface area contributed by atoms with Crippen molar-refractivity contribution in [3.8, 4) is 0 Å². The summed E-state index contributed by atoms with van der Waals surface area (Å²) in [5, 5.41) is 12.0. The highest BCUT2D eigenvalue weighted by molar-refractivity contribution is 5.80. The molecule has 1 fully saturated rings. The predicted octanol–water partition coefficient (Wildman–Crippen LogP) is -0.193. The van der Waals surface area contributed by atoms with Gasteiger partial charge in [0.05, 0.1) is 0 Å². The first-order valence-corrected chi connectivity index (χ1v) is 5.31. The number of nitrogens with zero attached hydrogens (tertiary/aromatic N) is 2. The second-order valence-corrected chi connectivity index (χ2v) is 4.30. The molecular formula is C10H19N3O3. The molecule has 0 bridgehead atoms. The van der Waals surface area contributed by atoms with Crippen LogP contribution in [0.4, 0.5) is 4.79 Å². The summed E-state index contributed by atoms with van der Waals surface area (Å²) in [5.41, 5.74) is -0.872. The second-order valence-electron chi connectivity index (χ2n) is 4.30. The molecule has 0 unspecified atom stereocenters. The lowest BCUT2D eigenvalue weighted by molar-refractivity contribution is -0.146. The van der Waals surface area contributed by atoms with Gasteiger partial charge in [-0.25, -0.2) is 4.79 Å². The fraction of sp³-hybridized carbons (Fsp3) is 0.800. The Morgan fingerprint density at radius 1 is 1.31 bits per heavy atom. The number of amides is 2. The van der Waals surface area contributed by atoms with Gasteiger partial charge < -0.3 is 20.2 Å². The summed E-state index contributed by atoms with van der Waals surface area (Å²) in [6, 6.07) is -0.0601. The van der Waals surface area contributed by atoms with E-state index in [-0.39, 0.29) is 6.03 Å². The van der Waals surface area contributed by atoms with E-state index < -0.39 is 11.5 Å². The molecule has 0 aliphatic carbocycles. The van der Waals surface area contributed by atoms with Crippen LogP contribution in [0.1, 0.15) is 12.8 Å². The predicted molar refractivity (Wildman–Crippen MR) is 59.3 cm³/mol. The molecule has 0 aromatic rings. The molecule has 1 aliphatic rings. The number of carbonyl (C=O) groups excluding carboxylic acids is 1. The molecule has 1 rings (SSSR count). The number of nitrogens with one attached hydrogen (secondary N) is 1. The van der Waals surface area contributed by atoms with Gasteiger partial charge in [-0.2, -0.15) is 0 Å². The fourth-order valence-corrected chi connectivity index (χ4v) is 1.93. The lowest BCUT2D eigenvalue weighted by atomic mass is 9.88. The SMILES string of the molecule is CNC1(C(=O)O)CCN(C(=O)N(C)C)CC1. The lowest BCUT2D eigenvalue weighted by Gasteiger charge is -2.39. The smallest absolute Gasteiger partial charge is 0.324 e. The number of carboxylic acids is 1. The minimum atomic E-state index is -0.872. The van der Waals surface area contributed by atoms with E-state index in [1.165, 1.54) is 4.90 Å². The van der Waals surface area contributed by atoms with Gasteiger partial charge in [0.1, 0.15) is 5.54 Å². The number of hydrogen-bond donors (Lipinski definition) is 2. The van der Waals surface area contributed by atoms with E-state index >= 15 is 0 Å². The van der Waals surface area contributed by atoms with Crippen molar-refractivity contribution >= 4 is 12.0 Å². The molecular weight excluding hydrogens is 210 g/mol. The highest BCUT2D eigenvalue weighted by Gasteiger charge is 2.41. The van der Waals surface area contributed by atoms with Crippen molar-refractivity contribution in [3.63, 3.8) is 0 Å². The number of hydrogen-bond acceptors (Lipinski definition) is 3. The third-order valence-electron chi connectivity index (χ3n) is 3.16. The van der Waals surface area contributed by atoms with Gasteiger partial charge in [0.15, 0.2) is 0 Å². The Balaban J connectivity index is 2.63. The Bertz CT molecular complexity index is 283. The largest absolute Gasteiger partial charge is 0.480 e.